The fraction of sp³-hybridized carbons (Fsp3) is 0.286. The zero-order chi connectivity index (χ0) is 7.72. The molecule has 0 saturated heterocycles. The fourth-order valence-electron chi connectivity index (χ4n) is 0.794. The Morgan fingerprint density at radius 3 is 2.60 bits per heavy atom. The molecule has 0 atom stereocenters. The lowest BCUT2D eigenvalue weighted by molar-refractivity contribution is 1.15. The van der Waals surface area contributed by atoms with Gasteiger partial charge in [0, 0.05) is 0 Å². The van der Waals surface area contributed by atoms with Crippen LogP contribution < -0.4 is 5.73 Å². The quantitative estimate of drug-likeness (QED) is 0.562. The zero-order valence-electron chi connectivity index (χ0n) is 5.98. The lowest BCUT2D eigenvalue weighted by Gasteiger charge is -2.02. The predicted molar refractivity (Wildman–Crippen MR) is 50.8 cm³/mol. The van der Waals surface area contributed by atoms with E-state index in [0.29, 0.717) is 0 Å². The molecule has 10 heavy (non-hydrogen) atoms. The summed E-state index contributed by atoms with van der Waals surface area (Å²) < 4.78 is 1.00. The van der Waals surface area contributed by atoms with Crippen molar-refractivity contribution in [3.05, 3.63) is 21.0 Å². The van der Waals surface area contributed by atoms with E-state index in [1.54, 1.807) is 0 Å². The number of nitrogen functional groups attached to an aromatic ring is 1. The highest BCUT2D eigenvalue weighted by molar-refractivity contribution is 14.1. The van der Waals surface area contributed by atoms with Gasteiger partial charge in [-0.25, -0.2) is 4.98 Å². The number of hydrogen-bond acceptors (Lipinski definition) is 2. The van der Waals surface area contributed by atoms with Gasteiger partial charge in [0.2, 0.25) is 0 Å². The van der Waals surface area contributed by atoms with Crippen LogP contribution in [0.25, 0.3) is 0 Å². The van der Waals surface area contributed by atoms with Crippen LogP contribution in [0.1, 0.15) is 11.3 Å². The van der Waals surface area contributed by atoms with Crippen LogP contribution in [-0.4, -0.2) is 4.98 Å². The van der Waals surface area contributed by atoms with E-state index >= 15 is 0 Å². The maximum absolute atomic E-state index is 5.68. The minimum Gasteiger partial charge on any atom is -0.397 e. The third-order valence-electron chi connectivity index (χ3n) is 1.42. The van der Waals surface area contributed by atoms with Gasteiger partial charge in [0.15, 0.2) is 0 Å². The van der Waals surface area contributed by atoms with Crippen molar-refractivity contribution in [1.29, 1.82) is 0 Å². The van der Waals surface area contributed by atoms with Gasteiger partial charge in [-0.2, -0.15) is 0 Å². The summed E-state index contributed by atoms with van der Waals surface area (Å²) in [6, 6.07) is 1.98. The molecular formula is C7H9IN2. The van der Waals surface area contributed by atoms with E-state index < -0.39 is 0 Å². The fourth-order valence-corrected chi connectivity index (χ4v) is 1.62. The summed E-state index contributed by atoms with van der Waals surface area (Å²) in [5.41, 5.74) is 8.52. The molecule has 1 aromatic rings. The number of aromatic nitrogens is 1. The molecule has 0 spiro atoms. The molecule has 0 unspecified atom stereocenters. The number of pyridine rings is 1. The van der Waals surface area contributed by atoms with Crippen molar-refractivity contribution in [2.75, 3.05) is 5.73 Å². The average molecular weight is 248 g/mol. The van der Waals surface area contributed by atoms with Crippen LogP contribution in [-0.2, 0) is 0 Å². The van der Waals surface area contributed by atoms with E-state index in [-0.39, 0.29) is 0 Å². The number of nitrogens with zero attached hydrogens (tertiary/aromatic N) is 1. The van der Waals surface area contributed by atoms with Crippen molar-refractivity contribution < 1.29 is 0 Å². The summed E-state index contributed by atoms with van der Waals surface area (Å²) in [5, 5.41) is 0. The molecule has 1 heterocycles. The summed E-state index contributed by atoms with van der Waals surface area (Å²) in [4.78, 5) is 4.20. The number of nitrogens with two attached hydrogens (primary N) is 1. The number of halogens is 1. The van der Waals surface area contributed by atoms with Gasteiger partial charge in [0.05, 0.1) is 11.4 Å². The second-order valence-electron chi connectivity index (χ2n) is 2.26. The second-order valence-corrected chi connectivity index (χ2v) is 3.37. The van der Waals surface area contributed by atoms with E-state index in [1.165, 1.54) is 0 Å². The molecule has 0 saturated carbocycles. The summed E-state index contributed by atoms with van der Waals surface area (Å²) >= 11 is 2.18. The van der Waals surface area contributed by atoms with Crippen molar-refractivity contribution in [2.45, 2.75) is 13.8 Å². The van der Waals surface area contributed by atoms with Crippen molar-refractivity contribution in [3.8, 4) is 0 Å². The minimum atomic E-state index is 0.806. The molecule has 2 N–H and O–H groups in total. The highest BCUT2D eigenvalue weighted by atomic mass is 127. The molecule has 2 nitrogen and oxygen atoms in total. The molecule has 1 aromatic heterocycles. The SMILES string of the molecule is Cc1cc(I)nc(C)c1N. The van der Waals surface area contributed by atoms with E-state index in [2.05, 4.69) is 27.6 Å². The predicted octanol–water partition coefficient (Wildman–Crippen LogP) is 1.89. The lowest BCUT2D eigenvalue weighted by atomic mass is 10.2. The average Bonchev–Trinajstić information content (AvgIpc) is 1.82. The van der Waals surface area contributed by atoms with Gasteiger partial charge in [-0.3, -0.25) is 0 Å². The van der Waals surface area contributed by atoms with Crippen LogP contribution in [0.15, 0.2) is 6.07 Å². The summed E-state index contributed by atoms with van der Waals surface area (Å²) in [6.45, 7) is 3.91. The van der Waals surface area contributed by atoms with Gasteiger partial charge < -0.3 is 5.73 Å². The molecule has 0 aliphatic heterocycles. The Morgan fingerprint density at radius 2 is 2.10 bits per heavy atom. The Labute approximate surface area is 74.0 Å². The van der Waals surface area contributed by atoms with Crippen molar-refractivity contribution in [1.82, 2.24) is 4.98 Å². The van der Waals surface area contributed by atoms with Crippen LogP contribution in [0.4, 0.5) is 5.69 Å². The van der Waals surface area contributed by atoms with Gasteiger partial charge in [-0.15, -0.1) is 0 Å². The van der Waals surface area contributed by atoms with Crippen LogP contribution in [0.5, 0.6) is 0 Å². The molecule has 0 aromatic carbocycles. The number of hydrogen-bond donors (Lipinski definition) is 1. The van der Waals surface area contributed by atoms with Gasteiger partial charge in [0.25, 0.3) is 0 Å². The summed E-state index contributed by atoms with van der Waals surface area (Å²) in [7, 11) is 0. The number of anilines is 1. The number of aryl methyl sites for hydroxylation is 2. The Hall–Kier alpha value is -0.320. The minimum absolute atomic E-state index is 0.806. The Bertz CT molecular complexity index is 235. The van der Waals surface area contributed by atoms with Gasteiger partial charge >= 0.3 is 0 Å². The smallest absolute Gasteiger partial charge is 0.102 e. The van der Waals surface area contributed by atoms with Crippen LogP contribution >= 0.6 is 22.6 Å². The Balaban J connectivity index is 3.31. The first-order valence-electron chi connectivity index (χ1n) is 3.00. The topological polar surface area (TPSA) is 38.9 Å². The molecule has 3 heteroatoms. The molecule has 0 amide bonds. The third-order valence-corrected chi connectivity index (χ3v) is 1.98. The second kappa shape index (κ2) is 2.74. The van der Waals surface area contributed by atoms with E-state index in [4.69, 9.17) is 5.73 Å². The first-order valence-corrected chi connectivity index (χ1v) is 4.08. The molecule has 54 valence electrons. The monoisotopic (exact) mass is 248 g/mol. The van der Waals surface area contributed by atoms with Crippen LogP contribution in [0.2, 0.25) is 0 Å². The Kier molecular flexibility index (Phi) is 2.13. The van der Waals surface area contributed by atoms with Gasteiger partial charge in [-0.1, -0.05) is 0 Å². The van der Waals surface area contributed by atoms with E-state index in [1.807, 2.05) is 19.9 Å². The molecule has 0 bridgehead atoms. The number of rotatable bonds is 0. The molecule has 1 rings (SSSR count). The van der Waals surface area contributed by atoms with Crippen LogP contribution in [0, 0.1) is 17.5 Å². The summed E-state index contributed by atoms with van der Waals surface area (Å²) in [6.07, 6.45) is 0. The van der Waals surface area contributed by atoms with Crippen molar-refractivity contribution in [3.63, 3.8) is 0 Å². The maximum atomic E-state index is 5.68. The van der Waals surface area contributed by atoms with E-state index in [9.17, 15) is 0 Å². The van der Waals surface area contributed by atoms with E-state index in [0.717, 1.165) is 20.6 Å². The lowest BCUT2D eigenvalue weighted by Crippen LogP contribution is -1.97. The van der Waals surface area contributed by atoms with Gasteiger partial charge in [-0.05, 0) is 48.1 Å². The largest absolute Gasteiger partial charge is 0.397 e. The highest BCUT2D eigenvalue weighted by Crippen LogP contribution is 2.15. The standard InChI is InChI=1S/C7H9IN2/c1-4-3-6(8)10-5(2)7(4)9/h3H,9H2,1-2H3. The first kappa shape index (κ1) is 7.78. The van der Waals surface area contributed by atoms with Crippen molar-refractivity contribution >= 4 is 28.3 Å². The Morgan fingerprint density at radius 1 is 1.50 bits per heavy atom. The normalized spacial score (nSPS) is 9.90. The maximum Gasteiger partial charge on any atom is 0.102 e. The third kappa shape index (κ3) is 1.39. The zero-order valence-corrected chi connectivity index (χ0v) is 8.14. The highest BCUT2D eigenvalue weighted by Gasteiger charge is 1.99. The molecule has 0 radical (unpaired) electrons. The summed E-state index contributed by atoms with van der Waals surface area (Å²) in [5.74, 6) is 0. The molecular weight excluding hydrogens is 239 g/mol. The first-order chi connectivity index (χ1) is 4.61. The molecule has 0 aliphatic carbocycles. The van der Waals surface area contributed by atoms with Gasteiger partial charge in [0.1, 0.15) is 3.70 Å². The van der Waals surface area contributed by atoms with Crippen molar-refractivity contribution in [2.24, 2.45) is 0 Å². The molecule has 0 aliphatic rings. The van der Waals surface area contributed by atoms with Crippen LogP contribution in [0.3, 0.4) is 0 Å². The molecule has 0 fully saturated rings.